The Hall–Kier alpha value is 0.0169. The summed E-state index contributed by atoms with van der Waals surface area (Å²) in [7, 11) is -1.94. The fraction of sp³-hybridized carbons (Fsp3) is 1.00. The van der Waals surface area contributed by atoms with Gasteiger partial charge in [0.05, 0.1) is 30.5 Å². The molecule has 7 fully saturated rings. The van der Waals surface area contributed by atoms with Crippen molar-refractivity contribution in [2.75, 3.05) is 6.61 Å². The van der Waals surface area contributed by atoms with Crippen LogP contribution in [-0.4, -0.2) is 56.8 Å². The second-order valence-electron chi connectivity index (χ2n) is 19.5. The molecule has 0 amide bonds. The lowest BCUT2D eigenvalue weighted by atomic mass is 9.41. The van der Waals surface area contributed by atoms with Crippen LogP contribution in [0, 0.1) is 56.7 Å². The molecular formula is C41H72O5Si. The second-order valence-corrected chi connectivity index (χ2v) is 24.3. The average molecular weight is 673 g/mol. The van der Waals surface area contributed by atoms with E-state index < -0.39 is 14.4 Å². The predicted molar refractivity (Wildman–Crippen MR) is 191 cm³/mol. The van der Waals surface area contributed by atoms with Crippen LogP contribution in [0.4, 0.5) is 0 Å². The summed E-state index contributed by atoms with van der Waals surface area (Å²) in [5.74, 6) is 2.62. The number of hydrogen-bond donors (Lipinski definition) is 1. The molecule has 5 nitrogen and oxygen atoms in total. The highest BCUT2D eigenvalue weighted by atomic mass is 28.4. The summed E-state index contributed by atoms with van der Waals surface area (Å²) in [6.07, 6.45) is 13.7. The highest BCUT2D eigenvalue weighted by Crippen LogP contribution is 2.89. The SMILES string of the molecule is CC[Si](CC)(CC)O[C@H]1[C@H]2O[C@@H](C(O)C(C)C)C[C@@H](C)[C@@H]2[C@@]2(C)CC[C@@]34CC35CCC(O[C@H]3CCCCO3)C(C)(C)[C@@H]5CC[C@H]4[C@]12C. The number of hydrogen-bond acceptors (Lipinski definition) is 5. The monoisotopic (exact) mass is 673 g/mol. The van der Waals surface area contributed by atoms with Gasteiger partial charge < -0.3 is 23.7 Å². The minimum absolute atomic E-state index is 0.000720. The number of ether oxygens (including phenoxy) is 3. The largest absolute Gasteiger partial charge is 0.411 e. The summed E-state index contributed by atoms with van der Waals surface area (Å²) in [6.45, 7) is 25.4. The van der Waals surface area contributed by atoms with Gasteiger partial charge in [0.25, 0.3) is 0 Å². The summed E-state index contributed by atoms with van der Waals surface area (Å²) in [6, 6.07) is 3.53. The van der Waals surface area contributed by atoms with E-state index in [0.29, 0.717) is 34.7 Å². The number of aliphatic hydroxyl groups excluding tert-OH is 1. The maximum Gasteiger partial charge on any atom is 0.192 e. The van der Waals surface area contributed by atoms with E-state index >= 15 is 0 Å². The fourth-order valence-corrected chi connectivity index (χ4v) is 17.6. The van der Waals surface area contributed by atoms with Crippen molar-refractivity contribution in [2.45, 2.75) is 195 Å². The van der Waals surface area contributed by atoms with Crippen LogP contribution in [0.25, 0.3) is 0 Å². The van der Waals surface area contributed by atoms with Gasteiger partial charge in [0, 0.05) is 12.0 Å². The molecule has 0 bridgehead atoms. The maximum absolute atomic E-state index is 11.4. The average Bonchev–Trinajstić information content (AvgIpc) is 3.68. The van der Waals surface area contributed by atoms with E-state index in [9.17, 15) is 5.11 Å². The normalized spacial score (nSPS) is 50.9. The van der Waals surface area contributed by atoms with Crippen LogP contribution in [0.2, 0.25) is 18.1 Å². The van der Waals surface area contributed by atoms with Gasteiger partial charge in [0.15, 0.2) is 14.6 Å². The Balaban J connectivity index is 1.25. The zero-order valence-corrected chi connectivity index (χ0v) is 33.0. The Kier molecular flexibility index (Phi) is 9.07. The van der Waals surface area contributed by atoms with Crippen molar-refractivity contribution in [3.05, 3.63) is 0 Å². The molecule has 5 aliphatic carbocycles. The zero-order valence-electron chi connectivity index (χ0n) is 32.0. The number of rotatable bonds is 9. The van der Waals surface area contributed by atoms with Gasteiger partial charge in [-0.25, -0.2) is 0 Å². The highest BCUT2D eigenvalue weighted by Gasteiger charge is 2.85. The Labute approximate surface area is 289 Å². The number of fused-ring (bicyclic) bond motifs is 4. The molecule has 47 heavy (non-hydrogen) atoms. The van der Waals surface area contributed by atoms with Gasteiger partial charge >= 0.3 is 0 Å². The first-order chi connectivity index (χ1) is 22.2. The summed E-state index contributed by atoms with van der Waals surface area (Å²) < 4.78 is 28.1. The van der Waals surface area contributed by atoms with Gasteiger partial charge in [-0.15, -0.1) is 0 Å². The van der Waals surface area contributed by atoms with Crippen LogP contribution in [0.15, 0.2) is 0 Å². The molecule has 2 spiro atoms. The van der Waals surface area contributed by atoms with Crippen LogP contribution < -0.4 is 0 Å². The summed E-state index contributed by atoms with van der Waals surface area (Å²) in [5.41, 5.74) is 1.31. The van der Waals surface area contributed by atoms with E-state index in [1.807, 2.05) is 0 Å². The van der Waals surface area contributed by atoms with Crippen LogP contribution in [-0.2, 0) is 18.6 Å². The molecular weight excluding hydrogens is 601 g/mol. The maximum atomic E-state index is 11.4. The van der Waals surface area contributed by atoms with Crippen LogP contribution in [0.1, 0.15) is 140 Å². The van der Waals surface area contributed by atoms with E-state index in [4.69, 9.17) is 18.6 Å². The van der Waals surface area contributed by atoms with E-state index in [0.717, 1.165) is 25.4 Å². The highest BCUT2D eigenvalue weighted by molar-refractivity contribution is 6.73. The molecule has 0 radical (unpaired) electrons. The third-order valence-electron chi connectivity index (χ3n) is 17.6. The van der Waals surface area contributed by atoms with E-state index in [-0.39, 0.29) is 46.8 Å². The molecule has 2 heterocycles. The van der Waals surface area contributed by atoms with Crippen LogP contribution >= 0.6 is 0 Å². The van der Waals surface area contributed by atoms with E-state index in [2.05, 4.69) is 69.2 Å². The zero-order chi connectivity index (χ0) is 33.8. The van der Waals surface area contributed by atoms with Gasteiger partial charge in [-0.2, -0.15) is 0 Å². The third kappa shape index (κ3) is 4.82. The Morgan fingerprint density at radius 1 is 0.872 bits per heavy atom. The lowest BCUT2D eigenvalue weighted by molar-refractivity contribution is -0.242. The minimum atomic E-state index is -1.94. The lowest BCUT2D eigenvalue weighted by Crippen LogP contribution is -2.61. The molecule has 7 aliphatic rings. The molecule has 0 aromatic heterocycles. The van der Waals surface area contributed by atoms with Gasteiger partial charge in [-0.1, -0.05) is 69.2 Å². The van der Waals surface area contributed by atoms with Crippen molar-refractivity contribution in [1.82, 2.24) is 0 Å². The lowest BCUT2D eigenvalue weighted by Gasteiger charge is -2.64. The second kappa shape index (κ2) is 12.0. The minimum Gasteiger partial charge on any atom is -0.411 e. The van der Waals surface area contributed by atoms with E-state index in [1.165, 1.54) is 75.9 Å². The molecule has 5 saturated carbocycles. The molecule has 1 N–H and O–H groups in total. The van der Waals surface area contributed by atoms with Crippen molar-refractivity contribution >= 4 is 8.32 Å². The van der Waals surface area contributed by atoms with Crippen LogP contribution in [0.3, 0.4) is 0 Å². The molecule has 7 rings (SSSR count). The van der Waals surface area contributed by atoms with Crippen molar-refractivity contribution in [3.8, 4) is 0 Å². The van der Waals surface area contributed by atoms with Gasteiger partial charge in [0.2, 0.25) is 0 Å². The molecule has 0 aromatic carbocycles. The Morgan fingerprint density at radius 2 is 1.55 bits per heavy atom. The third-order valence-corrected chi connectivity index (χ3v) is 22.2. The first-order valence-electron chi connectivity index (χ1n) is 20.5. The van der Waals surface area contributed by atoms with E-state index in [1.54, 1.807) is 0 Å². The molecule has 3 unspecified atom stereocenters. The topological polar surface area (TPSA) is 57.2 Å². The van der Waals surface area contributed by atoms with Crippen LogP contribution in [0.5, 0.6) is 0 Å². The van der Waals surface area contributed by atoms with Crippen molar-refractivity contribution in [3.63, 3.8) is 0 Å². The molecule has 270 valence electrons. The summed E-state index contributed by atoms with van der Waals surface area (Å²) in [4.78, 5) is 0. The summed E-state index contributed by atoms with van der Waals surface area (Å²) >= 11 is 0. The first-order valence-corrected chi connectivity index (χ1v) is 23.0. The van der Waals surface area contributed by atoms with Gasteiger partial charge in [-0.3, -0.25) is 0 Å². The quantitative estimate of drug-likeness (QED) is 0.195. The standard InChI is InChI=1S/C41H72O5Si/c1-11-47(12-2,13-3)46-36-35-33(27(6)24-28(44-35)34(42)26(4)5)38(9)21-22-41-25-40(41)20-19-31(45-32-16-14-15-23-43-32)37(7,8)29(40)17-18-30(41)39(36,38)10/h26-36,42H,11-25H2,1-10H3/t27-,28-,29+,30+,31?,32+,33+,34?,35+,36+,38-,39-,40?,41+/m1/s1. The molecule has 14 atom stereocenters. The van der Waals surface area contributed by atoms with Gasteiger partial charge in [-0.05, 0) is 140 Å². The predicted octanol–water partition coefficient (Wildman–Crippen LogP) is 9.76. The smallest absolute Gasteiger partial charge is 0.192 e. The number of aliphatic hydroxyl groups is 1. The summed E-state index contributed by atoms with van der Waals surface area (Å²) in [5, 5.41) is 11.4. The Morgan fingerprint density at radius 3 is 2.19 bits per heavy atom. The molecule has 6 heteroatoms. The molecule has 0 aromatic rings. The van der Waals surface area contributed by atoms with Crippen molar-refractivity contribution < 1.29 is 23.7 Å². The van der Waals surface area contributed by atoms with Gasteiger partial charge in [0.1, 0.15) is 0 Å². The fourth-order valence-electron chi connectivity index (χ4n) is 14.6. The molecule has 2 aliphatic heterocycles. The molecule has 2 saturated heterocycles. The Bertz CT molecular complexity index is 1140. The van der Waals surface area contributed by atoms with Crippen molar-refractivity contribution in [1.29, 1.82) is 0 Å². The first kappa shape index (κ1) is 35.4. The van der Waals surface area contributed by atoms with Crippen molar-refractivity contribution in [2.24, 2.45) is 56.7 Å².